The number of phenols is 1. The Morgan fingerprint density at radius 1 is 0.933 bits per heavy atom. The maximum atomic E-state index is 9.75. The number of phenolic OH excluding ortho intramolecular Hbond substituents is 1. The number of aromatic nitrogens is 1. The van der Waals surface area contributed by atoms with E-state index in [2.05, 4.69) is 4.99 Å². The second-order valence-corrected chi connectivity index (χ2v) is 8.23. The molecule has 0 aliphatic carbocycles. The predicted molar refractivity (Wildman–Crippen MR) is 125 cm³/mol. The van der Waals surface area contributed by atoms with Gasteiger partial charge in [0, 0.05) is 21.8 Å². The number of aromatic hydroxyl groups is 1. The number of aliphatic imine (C=N–C) groups is 1. The van der Waals surface area contributed by atoms with Crippen LogP contribution in [0, 0.1) is 0 Å². The molecule has 4 aromatic rings. The zero-order valence-corrected chi connectivity index (χ0v) is 18.2. The highest BCUT2D eigenvalue weighted by molar-refractivity contribution is 7.19. The molecule has 0 aliphatic rings. The van der Waals surface area contributed by atoms with Crippen LogP contribution in [0.5, 0.6) is 11.5 Å². The van der Waals surface area contributed by atoms with E-state index in [-0.39, 0.29) is 5.75 Å². The summed E-state index contributed by atoms with van der Waals surface area (Å²) in [5, 5.41) is 11.7. The molecule has 0 bridgehead atoms. The average Bonchev–Trinajstić information content (AvgIpc) is 3.18. The lowest BCUT2D eigenvalue weighted by atomic mass is 10.1. The highest BCUT2D eigenvalue weighted by Gasteiger charge is 2.15. The molecular formula is C23H16Cl2N2O2S. The van der Waals surface area contributed by atoms with E-state index < -0.39 is 0 Å². The highest BCUT2D eigenvalue weighted by Crippen LogP contribution is 2.40. The summed E-state index contributed by atoms with van der Waals surface area (Å²) in [6.45, 7) is 0. The van der Waals surface area contributed by atoms with Gasteiger partial charge in [-0.25, -0.2) is 9.98 Å². The van der Waals surface area contributed by atoms with Crippen LogP contribution in [-0.2, 0) is 0 Å². The standard InChI is InChI=1S/C23H16Cl2N2O2S/c1-29-20-12-14(2-11-19(20)28)13-26-23-27-21(15-3-7-17(24)8-4-15)22(30-23)16-5-9-18(25)10-6-16/h2-13,28H,1H3/b26-13+. The summed E-state index contributed by atoms with van der Waals surface area (Å²) in [6, 6.07) is 20.2. The lowest BCUT2D eigenvalue weighted by Gasteiger charge is -2.03. The van der Waals surface area contributed by atoms with Crippen LogP contribution in [0.3, 0.4) is 0 Å². The SMILES string of the molecule is COc1cc(/C=N/c2nc(-c3ccc(Cl)cc3)c(-c3ccc(Cl)cc3)s2)ccc1O. The van der Waals surface area contributed by atoms with Gasteiger partial charge in [0.1, 0.15) is 0 Å². The number of halogens is 2. The molecule has 0 saturated heterocycles. The fourth-order valence-electron chi connectivity index (χ4n) is 2.87. The normalized spacial score (nSPS) is 11.2. The van der Waals surface area contributed by atoms with Crippen LogP contribution in [-0.4, -0.2) is 23.4 Å². The zero-order chi connectivity index (χ0) is 21.1. The first-order chi connectivity index (χ1) is 14.5. The summed E-state index contributed by atoms with van der Waals surface area (Å²) >= 11 is 13.6. The Morgan fingerprint density at radius 3 is 2.20 bits per heavy atom. The van der Waals surface area contributed by atoms with E-state index in [9.17, 15) is 5.11 Å². The van der Waals surface area contributed by atoms with Gasteiger partial charge in [0.2, 0.25) is 5.13 Å². The van der Waals surface area contributed by atoms with Gasteiger partial charge in [0.05, 0.1) is 17.7 Å². The number of hydrogen-bond donors (Lipinski definition) is 1. The minimum absolute atomic E-state index is 0.0824. The van der Waals surface area contributed by atoms with Crippen LogP contribution in [0.25, 0.3) is 21.7 Å². The summed E-state index contributed by atoms with van der Waals surface area (Å²) in [5.41, 5.74) is 3.58. The third kappa shape index (κ3) is 4.49. The summed E-state index contributed by atoms with van der Waals surface area (Å²) in [7, 11) is 1.51. The average molecular weight is 455 g/mol. The topological polar surface area (TPSA) is 54.7 Å². The summed E-state index contributed by atoms with van der Waals surface area (Å²) < 4.78 is 5.15. The third-order valence-corrected chi connectivity index (χ3v) is 5.88. The maximum Gasteiger partial charge on any atom is 0.210 e. The first-order valence-electron chi connectivity index (χ1n) is 8.97. The lowest BCUT2D eigenvalue weighted by molar-refractivity contribution is 0.373. The van der Waals surface area contributed by atoms with Crippen LogP contribution >= 0.6 is 34.5 Å². The van der Waals surface area contributed by atoms with Gasteiger partial charge in [0.15, 0.2) is 11.5 Å². The quantitative estimate of drug-likeness (QED) is 0.323. The monoisotopic (exact) mass is 454 g/mol. The van der Waals surface area contributed by atoms with Crippen molar-refractivity contribution in [3.8, 4) is 33.2 Å². The van der Waals surface area contributed by atoms with Crippen LogP contribution in [0.1, 0.15) is 5.56 Å². The second-order valence-electron chi connectivity index (χ2n) is 6.38. The largest absolute Gasteiger partial charge is 0.504 e. The number of hydrogen-bond acceptors (Lipinski definition) is 5. The van der Waals surface area contributed by atoms with Crippen molar-refractivity contribution in [2.45, 2.75) is 0 Å². The van der Waals surface area contributed by atoms with Crippen molar-refractivity contribution in [1.29, 1.82) is 0 Å². The van der Waals surface area contributed by atoms with Crippen molar-refractivity contribution in [1.82, 2.24) is 4.98 Å². The smallest absolute Gasteiger partial charge is 0.210 e. The molecule has 150 valence electrons. The molecule has 0 spiro atoms. The maximum absolute atomic E-state index is 9.75. The van der Waals surface area contributed by atoms with Crippen LogP contribution in [0.15, 0.2) is 71.7 Å². The molecule has 1 heterocycles. The summed E-state index contributed by atoms with van der Waals surface area (Å²) in [5.74, 6) is 0.473. The van der Waals surface area contributed by atoms with Crippen LogP contribution in [0.2, 0.25) is 10.0 Å². The Labute approximate surface area is 188 Å². The van der Waals surface area contributed by atoms with Crippen molar-refractivity contribution in [2.24, 2.45) is 4.99 Å². The van der Waals surface area contributed by atoms with Gasteiger partial charge in [-0.3, -0.25) is 0 Å². The Kier molecular flexibility index (Phi) is 6.04. The highest BCUT2D eigenvalue weighted by atomic mass is 35.5. The first-order valence-corrected chi connectivity index (χ1v) is 10.5. The Bertz CT molecular complexity index is 1140. The Balaban J connectivity index is 1.75. The lowest BCUT2D eigenvalue weighted by Crippen LogP contribution is -1.86. The zero-order valence-electron chi connectivity index (χ0n) is 15.8. The molecule has 4 nitrogen and oxygen atoms in total. The number of nitrogens with zero attached hydrogens (tertiary/aromatic N) is 2. The molecule has 4 rings (SSSR count). The molecule has 1 N–H and O–H groups in total. The number of rotatable bonds is 5. The molecule has 0 fully saturated rings. The molecule has 3 aromatic carbocycles. The Morgan fingerprint density at radius 2 is 1.57 bits per heavy atom. The molecule has 0 radical (unpaired) electrons. The fraction of sp³-hybridized carbons (Fsp3) is 0.0435. The molecule has 0 saturated carbocycles. The molecule has 0 atom stereocenters. The fourth-order valence-corrected chi connectivity index (χ4v) is 4.06. The molecule has 30 heavy (non-hydrogen) atoms. The number of methoxy groups -OCH3 is 1. The van der Waals surface area contributed by atoms with Gasteiger partial charge >= 0.3 is 0 Å². The third-order valence-electron chi connectivity index (χ3n) is 4.37. The molecule has 7 heteroatoms. The molecular weight excluding hydrogens is 439 g/mol. The van der Waals surface area contributed by atoms with Crippen LogP contribution < -0.4 is 4.74 Å². The predicted octanol–water partition coefficient (Wildman–Crippen LogP) is 7.25. The van der Waals surface area contributed by atoms with Crippen molar-refractivity contribution in [2.75, 3.05) is 7.11 Å². The summed E-state index contributed by atoms with van der Waals surface area (Å²) in [6.07, 6.45) is 1.69. The van der Waals surface area contributed by atoms with Gasteiger partial charge in [-0.1, -0.05) is 58.8 Å². The van der Waals surface area contributed by atoms with E-state index >= 15 is 0 Å². The summed E-state index contributed by atoms with van der Waals surface area (Å²) in [4.78, 5) is 10.3. The van der Waals surface area contributed by atoms with Crippen molar-refractivity contribution < 1.29 is 9.84 Å². The second kappa shape index (κ2) is 8.88. The molecule has 0 unspecified atom stereocenters. The van der Waals surface area contributed by atoms with Crippen molar-refractivity contribution in [3.05, 3.63) is 82.3 Å². The molecule has 1 aromatic heterocycles. The number of benzene rings is 3. The van der Waals surface area contributed by atoms with E-state index in [1.807, 2.05) is 48.5 Å². The van der Waals surface area contributed by atoms with E-state index in [0.717, 1.165) is 27.3 Å². The van der Waals surface area contributed by atoms with E-state index in [1.54, 1.807) is 24.4 Å². The van der Waals surface area contributed by atoms with Crippen molar-refractivity contribution in [3.63, 3.8) is 0 Å². The van der Waals surface area contributed by atoms with Crippen molar-refractivity contribution >= 4 is 45.9 Å². The van der Waals surface area contributed by atoms with Gasteiger partial charge in [-0.2, -0.15) is 0 Å². The van der Waals surface area contributed by atoms with E-state index in [1.165, 1.54) is 18.4 Å². The van der Waals surface area contributed by atoms with E-state index in [4.69, 9.17) is 32.9 Å². The first kappa shape index (κ1) is 20.4. The van der Waals surface area contributed by atoms with Gasteiger partial charge in [0.25, 0.3) is 0 Å². The number of thiazole rings is 1. The van der Waals surface area contributed by atoms with Crippen LogP contribution in [0.4, 0.5) is 5.13 Å². The van der Waals surface area contributed by atoms with E-state index in [0.29, 0.717) is 20.9 Å². The van der Waals surface area contributed by atoms with Gasteiger partial charge < -0.3 is 9.84 Å². The molecule has 0 aliphatic heterocycles. The number of ether oxygens (including phenoxy) is 1. The Hall–Kier alpha value is -2.86. The van der Waals surface area contributed by atoms with Gasteiger partial charge in [-0.15, -0.1) is 0 Å². The van der Waals surface area contributed by atoms with Gasteiger partial charge in [-0.05, 0) is 53.6 Å². The molecule has 0 amide bonds. The minimum atomic E-state index is 0.0824. The minimum Gasteiger partial charge on any atom is -0.504 e.